The number of hydrogen-bond acceptors (Lipinski definition) is 12. The smallest absolute Gasteiger partial charge is 0.353 e. The molecule has 4 N–H and O–H groups in total. The molecule has 48 heavy (non-hydrogen) atoms. The Balaban J connectivity index is 1.36. The van der Waals surface area contributed by atoms with E-state index in [9.17, 15) is 19.8 Å². The predicted molar refractivity (Wildman–Crippen MR) is 177 cm³/mol. The third-order valence-corrected chi connectivity index (χ3v) is 8.69. The van der Waals surface area contributed by atoms with Crippen LogP contribution in [0.4, 0.5) is 0 Å². The number of nitrogens with one attached hydrogen (secondary N) is 2. The summed E-state index contributed by atoms with van der Waals surface area (Å²) in [7, 11) is 0. The van der Waals surface area contributed by atoms with Crippen LogP contribution in [0.5, 0.6) is 0 Å². The van der Waals surface area contributed by atoms with E-state index in [1.807, 2.05) is 30.3 Å². The quantitative estimate of drug-likeness (QED) is 0.0770. The maximum atomic E-state index is 13.9. The minimum absolute atomic E-state index is 0.0936. The van der Waals surface area contributed by atoms with E-state index < -0.39 is 29.4 Å². The minimum atomic E-state index is -1.82. The SMILES string of the molecule is O=C(OCc1ccccc1)[C@H](N[C@](O)(CCN1CCOCC1)c1ccccc1)C(=O)ON[C@](O)(CCN1CCOCC1)c1ccccc1. The first-order valence-corrected chi connectivity index (χ1v) is 16.5. The molecule has 0 aliphatic carbocycles. The molecule has 12 heteroatoms. The van der Waals surface area contributed by atoms with Crippen molar-refractivity contribution in [2.24, 2.45) is 0 Å². The number of nitrogens with zero attached hydrogens (tertiary/aromatic N) is 2. The molecule has 0 amide bonds. The second kappa shape index (κ2) is 17.6. The number of hydroxylamine groups is 1. The number of ether oxygens (including phenoxy) is 3. The van der Waals surface area contributed by atoms with Gasteiger partial charge in [0.25, 0.3) is 0 Å². The summed E-state index contributed by atoms with van der Waals surface area (Å²) in [6.07, 6.45) is 0.321. The van der Waals surface area contributed by atoms with Crippen molar-refractivity contribution in [2.45, 2.75) is 36.9 Å². The van der Waals surface area contributed by atoms with Crippen molar-refractivity contribution in [3.8, 4) is 0 Å². The van der Waals surface area contributed by atoms with Gasteiger partial charge in [0.05, 0.1) is 26.4 Å². The molecule has 2 heterocycles. The van der Waals surface area contributed by atoms with Crippen LogP contribution in [0.25, 0.3) is 0 Å². The summed E-state index contributed by atoms with van der Waals surface area (Å²) in [5.41, 5.74) is 0.640. The van der Waals surface area contributed by atoms with Crippen LogP contribution in [0.2, 0.25) is 0 Å². The summed E-state index contributed by atoms with van der Waals surface area (Å²) in [4.78, 5) is 37.4. The van der Waals surface area contributed by atoms with Crippen molar-refractivity contribution in [2.75, 3.05) is 65.7 Å². The lowest BCUT2D eigenvalue weighted by molar-refractivity contribution is -0.186. The van der Waals surface area contributed by atoms with Crippen molar-refractivity contribution in [1.29, 1.82) is 0 Å². The first kappa shape index (κ1) is 35.6. The average Bonchev–Trinajstić information content (AvgIpc) is 3.15. The van der Waals surface area contributed by atoms with Crippen molar-refractivity contribution < 1.29 is 38.9 Å². The van der Waals surface area contributed by atoms with Gasteiger partial charge < -0.3 is 29.3 Å². The van der Waals surface area contributed by atoms with Crippen molar-refractivity contribution >= 4 is 11.9 Å². The zero-order valence-electron chi connectivity index (χ0n) is 27.2. The Labute approximate surface area is 281 Å². The van der Waals surface area contributed by atoms with E-state index in [0.29, 0.717) is 76.8 Å². The van der Waals surface area contributed by atoms with Gasteiger partial charge in [-0.05, 0) is 11.1 Å². The van der Waals surface area contributed by atoms with Gasteiger partial charge in [-0.1, -0.05) is 91.0 Å². The first-order valence-electron chi connectivity index (χ1n) is 16.5. The molecule has 2 aliphatic rings. The number of morpholine rings is 2. The topological polar surface area (TPSA) is 142 Å². The molecule has 0 bridgehead atoms. The number of rotatable bonds is 16. The van der Waals surface area contributed by atoms with Gasteiger partial charge in [0.15, 0.2) is 5.72 Å². The van der Waals surface area contributed by atoms with Crippen LogP contribution in [0.1, 0.15) is 29.5 Å². The Morgan fingerprint density at radius 2 is 1.15 bits per heavy atom. The van der Waals surface area contributed by atoms with Crippen LogP contribution in [-0.4, -0.2) is 104 Å². The molecule has 0 aromatic heterocycles. The third kappa shape index (κ3) is 10.1. The number of carbonyl (C=O) groups excluding carboxylic acids is 2. The molecule has 258 valence electrons. The molecule has 3 aromatic rings. The molecule has 0 unspecified atom stereocenters. The Morgan fingerprint density at radius 3 is 1.67 bits per heavy atom. The molecule has 2 aliphatic heterocycles. The fourth-order valence-electron chi connectivity index (χ4n) is 5.73. The Hall–Kier alpha value is -3.72. The van der Waals surface area contributed by atoms with Crippen molar-refractivity contribution in [1.82, 2.24) is 20.6 Å². The van der Waals surface area contributed by atoms with Crippen LogP contribution in [0.15, 0.2) is 91.0 Å². The number of benzene rings is 3. The Morgan fingerprint density at radius 1 is 0.688 bits per heavy atom. The van der Waals surface area contributed by atoms with Gasteiger partial charge in [-0.3, -0.25) is 15.1 Å². The highest BCUT2D eigenvalue weighted by atomic mass is 16.7. The predicted octanol–water partition coefficient (Wildman–Crippen LogP) is 1.87. The fraction of sp³-hybridized carbons (Fsp3) is 0.444. The van der Waals surface area contributed by atoms with Crippen LogP contribution in [0.3, 0.4) is 0 Å². The number of carbonyl (C=O) groups is 2. The number of hydrogen-bond donors (Lipinski definition) is 4. The summed E-state index contributed by atoms with van der Waals surface area (Å²) in [6, 6.07) is 25.0. The largest absolute Gasteiger partial charge is 0.459 e. The maximum absolute atomic E-state index is 13.9. The zero-order chi connectivity index (χ0) is 33.7. The number of esters is 1. The Bertz CT molecular complexity index is 1410. The van der Waals surface area contributed by atoms with Crippen LogP contribution in [0, 0.1) is 0 Å². The minimum Gasteiger partial charge on any atom is -0.459 e. The highest BCUT2D eigenvalue weighted by molar-refractivity contribution is 5.99. The fourth-order valence-corrected chi connectivity index (χ4v) is 5.73. The summed E-state index contributed by atoms with van der Waals surface area (Å²) in [5, 5.41) is 26.8. The second-order valence-corrected chi connectivity index (χ2v) is 12.1. The lowest BCUT2D eigenvalue weighted by Crippen LogP contribution is -2.58. The first-order chi connectivity index (χ1) is 23.3. The van der Waals surface area contributed by atoms with Gasteiger partial charge in [-0.15, -0.1) is 5.48 Å². The molecular weight excluding hydrogens is 616 g/mol. The molecule has 0 spiro atoms. The van der Waals surface area contributed by atoms with Crippen molar-refractivity contribution in [3.63, 3.8) is 0 Å². The monoisotopic (exact) mass is 662 g/mol. The average molecular weight is 663 g/mol. The van der Waals surface area contributed by atoms with Gasteiger partial charge in [0.2, 0.25) is 6.04 Å². The normalized spacial score (nSPS) is 19.0. The van der Waals surface area contributed by atoms with Gasteiger partial charge in [0.1, 0.15) is 12.3 Å². The zero-order valence-corrected chi connectivity index (χ0v) is 27.2. The Kier molecular flexibility index (Phi) is 13.1. The molecule has 2 saturated heterocycles. The maximum Gasteiger partial charge on any atom is 0.353 e. The van der Waals surface area contributed by atoms with E-state index in [4.69, 9.17) is 19.0 Å². The van der Waals surface area contributed by atoms with Crippen LogP contribution < -0.4 is 10.8 Å². The van der Waals surface area contributed by atoms with E-state index in [-0.39, 0.29) is 19.4 Å². The highest BCUT2D eigenvalue weighted by Crippen LogP contribution is 2.26. The molecule has 3 atom stereocenters. The van der Waals surface area contributed by atoms with Gasteiger partial charge >= 0.3 is 11.9 Å². The van der Waals surface area contributed by atoms with E-state index in [0.717, 1.165) is 5.56 Å². The lowest BCUT2D eigenvalue weighted by Gasteiger charge is -2.36. The van der Waals surface area contributed by atoms with Crippen molar-refractivity contribution in [3.05, 3.63) is 108 Å². The molecule has 12 nitrogen and oxygen atoms in total. The molecular formula is C36H46N4O8. The van der Waals surface area contributed by atoms with E-state index >= 15 is 0 Å². The van der Waals surface area contributed by atoms with Crippen LogP contribution >= 0.6 is 0 Å². The summed E-state index contributed by atoms with van der Waals surface area (Å²) < 4.78 is 16.5. The van der Waals surface area contributed by atoms with E-state index in [1.54, 1.807) is 60.7 Å². The van der Waals surface area contributed by atoms with Gasteiger partial charge in [0, 0.05) is 57.7 Å². The summed E-state index contributed by atoms with van der Waals surface area (Å²) >= 11 is 0. The highest BCUT2D eigenvalue weighted by Gasteiger charge is 2.42. The summed E-state index contributed by atoms with van der Waals surface area (Å²) in [6.45, 7) is 6.05. The summed E-state index contributed by atoms with van der Waals surface area (Å²) in [5.74, 6) is -2.02. The molecule has 5 rings (SSSR count). The molecule has 0 radical (unpaired) electrons. The second-order valence-electron chi connectivity index (χ2n) is 12.1. The lowest BCUT2D eigenvalue weighted by atomic mass is 9.97. The van der Waals surface area contributed by atoms with Gasteiger partial charge in [-0.25, -0.2) is 9.59 Å². The number of aliphatic hydroxyl groups is 2. The third-order valence-electron chi connectivity index (χ3n) is 8.69. The van der Waals surface area contributed by atoms with Gasteiger partial charge in [-0.2, -0.15) is 0 Å². The van der Waals surface area contributed by atoms with Crippen LogP contribution in [-0.2, 0) is 46.7 Å². The van der Waals surface area contributed by atoms with E-state index in [1.165, 1.54) is 0 Å². The molecule has 3 aromatic carbocycles. The molecule has 0 saturated carbocycles. The standard InChI is InChI=1S/C36H46N4O8/c41-33(47-28-29-10-4-1-5-11-29)32(37-35(43,30-12-6-2-7-13-30)16-18-39-20-24-45-25-21-39)34(42)48-38-36(44,31-14-8-3-9-15-31)17-19-40-22-26-46-27-23-40/h1-15,32,37-38,43-44H,16-28H2/t32-,35-,36-/m0/s1. The molecule has 2 fully saturated rings. The van der Waals surface area contributed by atoms with E-state index in [2.05, 4.69) is 20.6 Å².